The second-order valence-corrected chi connectivity index (χ2v) is 12.1. The minimum absolute atomic E-state index is 0. The Labute approximate surface area is 181 Å². The molecule has 0 rings (SSSR count). The molecule has 0 saturated carbocycles. The Balaban J connectivity index is -0.00000104. The summed E-state index contributed by atoms with van der Waals surface area (Å²) in [6, 6.07) is 1.01. The van der Waals surface area contributed by atoms with Gasteiger partial charge in [0.1, 0.15) is 6.61 Å². The minimum Gasteiger partial charge on any atom is -0.461 e. The summed E-state index contributed by atoms with van der Waals surface area (Å²) in [4.78, 5) is 24.8. The second kappa shape index (κ2) is 20.1. The van der Waals surface area contributed by atoms with Gasteiger partial charge in [0.25, 0.3) is 0 Å². The lowest BCUT2D eigenvalue weighted by Crippen LogP contribution is -2.40. The first kappa shape index (κ1) is 35.2. The van der Waals surface area contributed by atoms with E-state index >= 15 is 0 Å². The molecule has 0 spiro atoms. The van der Waals surface area contributed by atoms with E-state index in [9.17, 15) is 9.59 Å². The van der Waals surface area contributed by atoms with Gasteiger partial charge in [-0.1, -0.05) is 42.0 Å². The molecule has 0 saturated heterocycles. The van der Waals surface area contributed by atoms with Crippen molar-refractivity contribution in [2.24, 2.45) is 0 Å². The molecule has 0 fully saturated rings. The number of esters is 1. The highest BCUT2D eigenvalue weighted by atomic mass is 28.3. The fourth-order valence-corrected chi connectivity index (χ4v) is 3.82. The molecule has 8 heteroatoms. The molecule has 0 aliphatic carbocycles. The average Bonchev–Trinajstić information content (AvgIpc) is 2.57. The Kier molecular flexibility index (Phi) is 24.4. The zero-order valence-electron chi connectivity index (χ0n) is 17.1. The van der Waals surface area contributed by atoms with Crippen LogP contribution in [-0.4, -0.2) is 77.3 Å². The number of amides is 1. The molecule has 0 heterocycles. The van der Waals surface area contributed by atoms with Gasteiger partial charge in [0, 0.05) is 45.0 Å². The van der Waals surface area contributed by atoms with Gasteiger partial charge in [-0.3, -0.25) is 10.1 Å². The van der Waals surface area contributed by atoms with E-state index in [0.29, 0.717) is 32.0 Å². The summed E-state index contributed by atoms with van der Waals surface area (Å²) in [5.74, 6) is -0.324. The molecule has 29 heavy (non-hydrogen) atoms. The summed E-state index contributed by atoms with van der Waals surface area (Å²) in [5, 5.41) is 3.02. The summed E-state index contributed by atoms with van der Waals surface area (Å²) in [5.41, 5.74) is 0.387. The lowest BCUT2D eigenvalue weighted by atomic mass is 10.4. The molecule has 0 aromatic rings. The van der Waals surface area contributed by atoms with Crippen molar-refractivity contribution in [2.75, 3.05) is 52.4 Å². The molecule has 0 aliphatic rings. The smallest absolute Gasteiger partial charge is 0.333 e. The van der Waals surface area contributed by atoms with E-state index < -0.39 is 8.07 Å². The van der Waals surface area contributed by atoms with Gasteiger partial charge in [-0.25, -0.2) is 4.79 Å². The number of nitrogens with zero attached hydrogens (tertiary/aromatic N) is 1. The standard InChI is InChI=1S/C18H36N2O5Si.3CH4/c1-7-23-15-26(5,6)13-10-20(17(4)21)9-12-24-14-19-8-11-25-18(22)16(2)3;;;/h19H,2,7-15H2,1,3-6H3;3*1H4. The van der Waals surface area contributed by atoms with Crippen molar-refractivity contribution in [2.45, 2.75) is 62.2 Å². The Hall–Kier alpha value is -1.22. The number of carbonyl (C=O) groups excluding carboxylic acids is 2. The molecule has 0 aromatic carbocycles. The zero-order valence-corrected chi connectivity index (χ0v) is 18.1. The fourth-order valence-electron chi connectivity index (χ4n) is 2.05. The van der Waals surface area contributed by atoms with E-state index in [4.69, 9.17) is 14.2 Å². The van der Waals surface area contributed by atoms with Crippen LogP contribution in [0.5, 0.6) is 0 Å². The van der Waals surface area contributed by atoms with Crippen molar-refractivity contribution in [3.63, 3.8) is 0 Å². The van der Waals surface area contributed by atoms with Crippen LogP contribution < -0.4 is 5.32 Å². The maximum atomic E-state index is 11.8. The van der Waals surface area contributed by atoms with Crippen LogP contribution in [-0.2, 0) is 23.8 Å². The van der Waals surface area contributed by atoms with Crippen molar-refractivity contribution < 1.29 is 23.8 Å². The minimum atomic E-state index is -1.44. The van der Waals surface area contributed by atoms with Gasteiger partial charge in [-0.05, 0) is 19.9 Å². The van der Waals surface area contributed by atoms with Crippen molar-refractivity contribution in [3.8, 4) is 0 Å². The molecule has 176 valence electrons. The fraction of sp³-hybridized carbons (Fsp3) is 0.810. The largest absolute Gasteiger partial charge is 0.461 e. The molecule has 0 aliphatic heterocycles. The zero-order chi connectivity index (χ0) is 20.0. The van der Waals surface area contributed by atoms with Crippen molar-refractivity contribution in [1.29, 1.82) is 0 Å². The monoisotopic (exact) mass is 436 g/mol. The normalized spacial score (nSPS) is 10.1. The van der Waals surface area contributed by atoms with Gasteiger partial charge in [0.05, 0.1) is 21.4 Å². The highest BCUT2D eigenvalue weighted by Crippen LogP contribution is 2.11. The maximum Gasteiger partial charge on any atom is 0.333 e. The van der Waals surface area contributed by atoms with Gasteiger partial charge in [0.15, 0.2) is 0 Å². The van der Waals surface area contributed by atoms with Gasteiger partial charge < -0.3 is 19.1 Å². The van der Waals surface area contributed by atoms with E-state index in [1.807, 2.05) is 11.8 Å². The maximum absolute atomic E-state index is 11.8. The van der Waals surface area contributed by atoms with E-state index in [-0.39, 0.29) is 40.8 Å². The van der Waals surface area contributed by atoms with Crippen LogP contribution in [0.15, 0.2) is 12.2 Å². The number of nitrogens with one attached hydrogen (secondary N) is 1. The molecule has 0 aromatic heterocycles. The van der Waals surface area contributed by atoms with Crippen molar-refractivity contribution in [3.05, 3.63) is 12.2 Å². The third kappa shape index (κ3) is 19.9. The summed E-state index contributed by atoms with van der Waals surface area (Å²) < 4.78 is 16.0. The molecule has 1 amide bonds. The lowest BCUT2D eigenvalue weighted by Gasteiger charge is -2.27. The molecule has 0 atom stereocenters. The highest BCUT2D eigenvalue weighted by Gasteiger charge is 2.22. The molecule has 7 nitrogen and oxygen atoms in total. The van der Waals surface area contributed by atoms with E-state index in [1.165, 1.54) is 0 Å². The van der Waals surface area contributed by atoms with Crippen LogP contribution in [0.25, 0.3) is 0 Å². The summed E-state index contributed by atoms with van der Waals surface area (Å²) in [6.07, 6.45) is 0.825. The third-order valence-electron chi connectivity index (χ3n) is 3.77. The number of hydrogen-bond donors (Lipinski definition) is 1. The molecule has 0 bridgehead atoms. The van der Waals surface area contributed by atoms with Crippen LogP contribution in [0.4, 0.5) is 0 Å². The SMILES string of the molecule is C.C.C.C=C(C)C(=O)OCCNCOCCN(CC[Si](C)(C)COCC)C(C)=O. The van der Waals surface area contributed by atoms with Crippen LogP contribution >= 0.6 is 0 Å². The summed E-state index contributed by atoms with van der Waals surface area (Å²) in [6.45, 7) is 16.9. The van der Waals surface area contributed by atoms with E-state index in [2.05, 4.69) is 25.0 Å². The molecular formula is C21H48N2O5Si. The number of carbonyl (C=O) groups is 2. The first-order valence-electron chi connectivity index (χ1n) is 9.14. The Morgan fingerprint density at radius 3 is 2.17 bits per heavy atom. The van der Waals surface area contributed by atoms with Gasteiger partial charge in [-0.15, -0.1) is 0 Å². The molecule has 0 radical (unpaired) electrons. The van der Waals surface area contributed by atoms with Crippen LogP contribution in [0.1, 0.15) is 43.1 Å². The van der Waals surface area contributed by atoms with Crippen LogP contribution in [0.3, 0.4) is 0 Å². The highest BCUT2D eigenvalue weighted by molar-refractivity contribution is 6.77. The van der Waals surface area contributed by atoms with E-state index in [1.54, 1.807) is 13.8 Å². The predicted molar refractivity (Wildman–Crippen MR) is 126 cm³/mol. The molecule has 0 unspecified atom stereocenters. The van der Waals surface area contributed by atoms with Crippen LogP contribution in [0.2, 0.25) is 19.1 Å². The number of ether oxygens (including phenoxy) is 3. The number of rotatable bonds is 15. The van der Waals surface area contributed by atoms with E-state index in [0.717, 1.165) is 25.4 Å². The second-order valence-electron chi connectivity index (χ2n) is 7.03. The molecule has 1 N–H and O–H groups in total. The average molecular weight is 437 g/mol. The van der Waals surface area contributed by atoms with Crippen molar-refractivity contribution >= 4 is 20.0 Å². The van der Waals surface area contributed by atoms with Gasteiger partial charge in [-0.2, -0.15) is 0 Å². The quantitative estimate of drug-likeness (QED) is 0.139. The Bertz CT molecular complexity index is 445. The first-order chi connectivity index (χ1) is 12.2. The Morgan fingerprint density at radius 1 is 1.03 bits per heavy atom. The summed E-state index contributed by atoms with van der Waals surface area (Å²) >= 11 is 0. The lowest BCUT2D eigenvalue weighted by molar-refractivity contribution is -0.138. The first-order valence-corrected chi connectivity index (χ1v) is 12.6. The third-order valence-corrected chi connectivity index (χ3v) is 6.33. The molecular weight excluding hydrogens is 388 g/mol. The van der Waals surface area contributed by atoms with Crippen LogP contribution in [0, 0.1) is 0 Å². The Morgan fingerprint density at radius 2 is 1.66 bits per heavy atom. The number of hydrogen-bond acceptors (Lipinski definition) is 6. The van der Waals surface area contributed by atoms with Crippen molar-refractivity contribution in [1.82, 2.24) is 10.2 Å². The van der Waals surface area contributed by atoms with Gasteiger partial charge >= 0.3 is 5.97 Å². The van der Waals surface area contributed by atoms with Gasteiger partial charge in [0.2, 0.25) is 5.91 Å². The predicted octanol–water partition coefficient (Wildman–Crippen LogP) is 3.71. The topological polar surface area (TPSA) is 77.1 Å². The summed E-state index contributed by atoms with van der Waals surface area (Å²) in [7, 11) is -1.44.